The van der Waals surface area contributed by atoms with Crippen LogP contribution in [0.2, 0.25) is 0 Å². The van der Waals surface area contributed by atoms with E-state index in [1.54, 1.807) is 12.1 Å². The van der Waals surface area contributed by atoms with Gasteiger partial charge in [-0.15, -0.1) is 5.10 Å². The van der Waals surface area contributed by atoms with Crippen LogP contribution in [0.5, 0.6) is 0 Å². The average molecular weight is 441 g/mol. The molecule has 3 aromatic rings. The summed E-state index contributed by atoms with van der Waals surface area (Å²) in [5.41, 5.74) is 3.93. The van der Waals surface area contributed by atoms with Crippen molar-refractivity contribution in [1.29, 1.82) is 0 Å². The average Bonchev–Trinajstić information content (AvgIpc) is 3.20. The molecule has 4 rings (SSSR count). The van der Waals surface area contributed by atoms with E-state index in [0.29, 0.717) is 10.9 Å². The van der Waals surface area contributed by atoms with E-state index in [1.165, 1.54) is 25.6 Å². The topological polar surface area (TPSA) is 68.1 Å². The number of aromatic nitrogens is 3. The maximum Gasteiger partial charge on any atom is 0.175 e. The lowest BCUT2D eigenvalue weighted by atomic mass is 9.99. The third-order valence-corrected chi connectivity index (χ3v) is 7.79. The third kappa shape index (κ3) is 4.83. The van der Waals surface area contributed by atoms with E-state index in [1.807, 2.05) is 18.2 Å². The largest absolute Gasteiger partial charge is 0.303 e. The fourth-order valence-electron chi connectivity index (χ4n) is 4.54. The van der Waals surface area contributed by atoms with Gasteiger partial charge in [-0.2, -0.15) is 0 Å². The van der Waals surface area contributed by atoms with Gasteiger partial charge in [-0.3, -0.25) is 0 Å². The maximum absolute atomic E-state index is 11.7. The number of fused-ring (bicyclic) bond motifs is 1. The van der Waals surface area contributed by atoms with Crippen molar-refractivity contribution >= 4 is 20.9 Å². The number of benzene rings is 2. The molecule has 1 fully saturated rings. The highest BCUT2D eigenvalue weighted by Gasteiger charge is 2.24. The predicted molar refractivity (Wildman–Crippen MR) is 125 cm³/mol. The van der Waals surface area contributed by atoms with Gasteiger partial charge in [0.1, 0.15) is 5.52 Å². The summed E-state index contributed by atoms with van der Waals surface area (Å²) in [6.45, 7) is 8.02. The number of nitrogens with zero attached hydrogens (tertiary/aromatic N) is 4. The van der Waals surface area contributed by atoms with E-state index in [0.717, 1.165) is 54.0 Å². The predicted octanol–water partition coefficient (Wildman–Crippen LogP) is 4.57. The van der Waals surface area contributed by atoms with Gasteiger partial charge in [0.15, 0.2) is 9.84 Å². The molecule has 31 heavy (non-hydrogen) atoms. The van der Waals surface area contributed by atoms with Crippen LogP contribution in [0.25, 0.3) is 22.2 Å². The van der Waals surface area contributed by atoms with Gasteiger partial charge < -0.3 is 4.90 Å². The van der Waals surface area contributed by atoms with Gasteiger partial charge in [-0.05, 0) is 54.2 Å². The molecule has 0 radical (unpaired) electrons. The molecule has 1 aliphatic heterocycles. The smallest absolute Gasteiger partial charge is 0.175 e. The molecule has 0 atom stereocenters. The molecule has 0 saturated carbocycles. The van der Waals surface area contributed by atoms with Crippen LogP contribution >= 0.6 is 0 Å². The quantitative estimate of drug-likeness (QED) is 0.538. The summed E-state index contributed by atoms with van der Waals surface area (Å²) in [4.78, 5) is 2.93. The van der Waals surface area contributed by atoms with Gasteiger partial charge >= 0.3 is 0 Å². The van der Waals surface area contributed by atoms with E-state index in [4.69, 9.17) is 0 Å². The number of hydrogen-bond donors (Lipinski definition) is 0. The second-order valence-corrected chi connectivity index (χ2v) is 10.8. The number of piperidine rings is 1. The minimum Gasteiger partial charge on any atom is -0.303 e. The van der Waals surface area contributed by atoms with E-state index in [9.17, 15) is 8.42 Å². The van der Waals surface area contributed by atoms with Crippen molar-refractivity contribution in [1.82, 2.24) is 19.9 Å². The van der Waals surface area contributed by atoms with Crippen LogP contribution in [-0.2, 0) is 9.84 Å². The van der Waals surface area contributed by atoms with Gasteiger partial charge in [0, 0.05) is 25.9 Å². The molecule has 2 aromatic carbocycles. The van der Waals surface area contributed by atoms with Gasteiger partial charge in [-0.1, -0.05) is 50.1 Å². The number of rotatable bonds is 7. The molecule has 6 nitrogen and oxygen atoms in total. The van der Waals surface area contributed by atoms with Crippen molar-refractivity contribution in [2.45, 2.75) is 50.5 Å². The van der Waals surface area contributed by atoms with Crippen LogP contribution in [0.3, 0.4) is 0 Å². The number of sulfone groups is 1. The Balaban J connectivity index is 1.48. The third-order valence-electron chi connectivity index (χ3n) is 6.66. The molecular formula is C24H32N4O2S. The van der Waals surface area contributed by atoms with E-state index in [2.05, 4.69) is 45.9 Å². The molecule has 1 aromatic heterocycles. The lowest BCUT2D eigenvalue weighted by Gasteiger charge is -2.34. The van der Waals surface area contributed by atoms with Crippen LogP contribution in [-0.4, -0.2) is 54.2 Å². The first-order valence-electron chi connectivity index (χ1n) is 11.3. The zero-order valence-corrected chi connectivity index (χ0v) is 19.5. The molecule has 0 aliphatic carbocycles. The Bertz CT molecular complexity index is 1130. The van der Waals surface area contributed by atoms with E-state index >= 15 is 0 Å². The standard InChI is InChI=1S/C24H32N4O2S/c1-4-18(5-2)17-27-14-12-21(13-15-27)28-24-11-8-20(16-23(24)25-26-28)19-6-9-22(10-7-19)31(3,29)30/h6-11,16,18,21H,4-5,12-15,17H2,1-3H3. The van der Waals surface area contributed by atoms with Gasteiger partial charge in [-0.25, -0.2) is 13.1 Å². The first-order valence-corrected chi connectivity index (χ1v) is 13.2. The van der Waals surface area contributed by atoms with Crippen molar-refractivity contribution in [2.75, 3.05) is 25.9 Å². The summed E-state index contributed by atoms with van der Waals surface area (Å²) in [5.74, 6) is 0.800. The van der Waals surface area contributed by atoms with Crippen LogP contribution in [0.15, 0.2) is 47.4 Å². The highest BCUT2D eigenvalue weighted by atomic mass is 32.2. The van der Waals surface area contributed by atoms with Crippen LogP contribution < -0.4 is 0 Å². The van der Waals surface area contributed by atoms with Crippen LogP contribution in [0.1, 0.15) is 45.6 Å². The first kappa shape index (κ1) is 22.0. The van der Waals surface area contributed by atoms with Crippen LogP contribution in [0.4, 0.5) is 0 Å². The van der Waals surface area contributed by atoms with E-state index in [-0.39, 0.29) is 0 Å². The Morgan fingerprint density at radius 1 is 1.00 bits per heavy atom. The molecule has 2 heterocycles. The van der Waals surface area contributed by atoms with Crippen LogP contribution in [0, 0.1) is 5.92 Å². The molecular weight excluding hydrogens is 408 g/mol. The highest BCUT2D eigenvalue weighted by Crippen LogP contribution is 2.29. The second-order valence-electron chi connectivity index (χ2n) is 8.75. The Morgan fingerprint density at radius 2 is 1.65 bits per heavy atom. The number of likely N-dealkylation sites (tertiary alicyclic amines) is 1. The lowest BCUT2D eigenvalue weighted by Crippen LogP contribution is -2.37. The van der Waals surface area contributed by atoms with Crippen molar-refractivity contribution < 1.29 is 8.42 Å². The molecule has 0 amide bonds. The zero-order chi connectivity index (χ0) is 22.0. The van der Waals surface area contributed by atoms with Gasteiger partial charge in [0.2, 0.25) is 0 Å². The fourth-order valence-corrected chi connectivity index (χ4v) is 5.17. The highest BCUT2D eigenvalue weighted by molar-refractivity contribution is 7.90. The lowest BCUT2D eigenvalue weighted by molar-refractivity contribution is 0.155. The minimum atomic E-state index is -3.19. The normalized spacial score (nSPS) is 16.4. The monoisotopic (exact) mass is 440 g/mol. The van der Waals surface area contributed by atoms with Gasteiger partial charge in [0.05, 0.1) is 16.5 Å². The Morgan fingerprint density at radius 3 is 2.26 bits per heavy atom. The molecule has 0 bridgehead atoms. The Kier molecular flexibility index (Phi) is 6.44. The van der Waals surface area contributed by atoms with E-state index < -0.39 is 9.84 Å². The molecule has 7 heteroatoms. The molecule has 166 valence electrons. The fraction of sp³-hybridized carbons (Fsp3) is 0.500. The minimum absolute atomic E-state index is 0.332. The Labute approximate surface area is 185 Å². The molecule has 0 spiro atoms. The molecule has 1 saturated heterocycles. The summed E-state index contributed by atoms with van der Waals surface area (Å²) >= 11 is 0. The van der Waals surface area contributed by atoms with Crippen molar-refractivity contribution in [2.24, 2.45) is 5.92 Å². The van der Waals surface area contributed by atoms with Crippen molar-refractivity contribution in [3.63, 3.8) is 0 Å². The Hall–Kier alpha value is -2.25. The van der Waals surface area contributed by atoms with Gasteiger partial charge in [0.25, 0.3) is 0 Å². The summed E-state index contributed by atoms with van der Waals surface area (Å²) < 4.78 is 25.5. The summed E-state index contributed by atoms with van der Waals surface area (Å²) in [5, 5.41) is 8.92. The molecule has 1 aliphatic rings. The molecule has 0 N–H and O–H groups in total. The number of hydrogen-bond acceptors (Lipinski definition) is 5. The van der Waals surface area contributed by atoms with Crippen molar-refractivity contribution in [3.8, 4) is 11.1 Å². The van der Waals surface area contributed by atoms with Crippen molar-refractivity contribution in [3.05, 3.63) is 42.5 Å². The zero-order valence-electron chi connectivity index (χ0n) is 18.7. The summed E-state index contributed by atoms with van der Waals surface area (Å²) in [6.07, 6.45) is 5.94. The summed E-state index contributed by atoms with van der Waals surface area (Å²) in [7, 11) is -3.19. The molecule has 0 unspecified atom stereocenters. The SMILES string of the molecule is CCC(CC)CN1CCC(n2nnc3cc(-c4ccc(S(C)(=O)=O)cc4)ccc32)CC1. The summed E-state index contributed by atoms with van der Waals surface area (Å²) in [6, 6.07) is 13.6. The second kappa shape index (κ2) is 9.09. The maximum atomic E-state index is 11.7. The first-order chi connectivity index (χ1) is 14.9.